The molecule has 0 unspecified atom stereocenters. The number of morpholine rings is 1. The normalized spacial score (nSPS) is 17.3. The summed E-state index contributed by atoms with van der Waals surface area (Å²) in [6.07, 6.45) is 1.54. The van der Waals surface area contributed by atoms with Crippen LogP contribution in [0.5, 0.6) is 0 Å². The first-order valence-corrected chi connectivity index (χ1v) is 8.88. The van der Waals surface area contributed by atoms with Crippen molar-refractivity contribution < 1.29 is 4.74 Å². The van der Waals surface area contributed by atoms with Crippen LogP contribution in [0.15, 0.2) is 47.7 Å². The Morgan fingerprint density at radius 1 is 1.24 bits per heavy atom. The van der Waals surface area contributed by atoms with E-state index in [1.54, 1.807) is 6.07 Å². The Morgan fingerprint density at radius 2 is 1.96 bits per heavy atom. The molecule has 7 heteroatoms. The highest BCUT2D eigenvalue weighted by Gasteiger charge is 2.25. The van der Waals surface area contributed by atoms with Crippen molar-refractivity contribution in [2.24, 2.45) is 5.10 Å². The number of anilines is 1. The average Bonchev–Trinajstić information content (AvgIpc) is 2.63. The van der Waals surface area contributed by atoms with Gasteiger partial charge in [-0.1, -0.05) is 53.5 Å². The van der Waals surface area contributed by atoms with Gasteiger partial charge in [0.1, 0.15) is 0 Å². The number of hydrogen-bond donors (Lipinski definition) is 1. The zero-order valence-electron chi connectivity index (χ0n) is 14.0. The summed E-state index contributed by atoms with van der Waals surface area (Å²) in [6, 6.07) is 12.0. The Hall–Kier alpha value is -1.66. The van der Waals surface area contributed by atoms with Gasteiger partial charge in [-0.25, -0.2) is 4.98 Å². The molecule has 1 fully saturated rings. The van der Waals surface area contributed by atoms with E-state index in [0.29, 0.717) is 15.9 Å². The van der Waals surface area contributed by atoms with Gasteiger partial charge in [-0.15, -0.1) is 0 Å². The molecule has 1 aromatic carbocycles. The number of benzene rings is 1. The van der Waals surface area contributed by atoms with Gasteiger partial charge in [0, 0.05) is 19.3 Å². The largest absolute Gasteiger partial charge is 0.379 e. The molecule has 1 aliphatic heterocycles. The first-order valence-electron chi connectivity index (χ1n) is 8.13. The van der Waals surface area contributed by atoms with E-state index in [4.69, 9.17) is 27.9 Å². The van der Waals surface area contributed by atoms with E-state index in [9.17, 15) is 0 Å². The van der Waals surface area contributed by atoms with E-state index in [0.717, 1.165) is 32.0 Å². The van der Waals surface area contributed by atoms with E-state index in [2.05, 4.69) is 32.5 Å². The van der Waals surface area contributed by atoms with E-state index in [-0.39, 0.29) is 6.04 Å². The molecule has 1 aliphatic rings. The Kier molecular flexibility index (Phi) is 6.26. The standard InChI is InChI=1S/C18H20Cl2N4O/c1-13(22-23-18-16(20)11-15(19)12-21-18)17(14-5-3-2-4-6-14)24-7-9-25-10-8-24/h2-6,11-12,17H,7-10H2,1H3,(H,21,23)/b22-13-/t17-/m1/s1. The van der Waals surface area contributed by atoms with Gasteiger partial charge in [-0.2, -0.15) is 5.10 Å². The van der Waals surface area contributed by atoms with Crippen molar-refractivity contribution in [1.82, 2.24) is 9.88 Å². The summed E-state index contributed by atoms with van der Waals surface area (Å²) < 4.78 is 5.48. The van der Waals surface area contributed by atoms with Gasteiger partial charge in [0.25, 0.3) is 0 Å². The monoisotopic (exact) mass is 378 g/mol. The number of ether oxygens (including phenoxy) is 1. The van der Waals surface area contributed by atoms with Crippen molar-refractivity contribution in [3.63, 3.8) is 0 Å². The molecule has 0 aliphatic carbocycles. The zero-order chi connectivity index (χ0) is 17.6. The first-order chi connectivity index (χ1) is 12.1. The second kappa shape index (κ2) is 8.63. The van der Waals surface area contributed by atoms with Gasteiger partial charge in [0.05, 0.1) is 35.0 Å². The van der Waals surface area contributed by atoms with Crippen LogP contribution in [0.25, 0.3) is 0 Å². The minimum absolute atomic E-state index is 0.0728. The molecule has 1 aromatic heterocycles. The summed E-state index contributed by atoms with van der Waals surface area (Å²) >= 11 is 12.0. The summed E-state index contributed by atoms with van der Waals surface area (Å²) in [4.78, 5) is 6.55. The van der Waals surface area contributed by atoms with Crippen LogP contribution in [0, 0.1) is 0 Å². The number of nitrogens with one attached hydrogen (secondary N) is 1. The second-order valence-corrected chi connectivity index (χ2v) is 6.65. The third kappa shape index (κ3) is 4.70. The summed E-state index contributed by atoms with van der Waals surface area (Å²) in [5.41, 5.74) is 5.09. The molecule has 0 bridgehead atoms. The number of halogens is 2. The molecule has 132 valence electrons. The number of nitrogens with zero attached hydrogens (tertiary/aromatic N) is 3. The second-order valence-electron chi connectivity index (χ2n) is 5.81. The van der Waals surface area contributed by atoms with Crippen LogP contribution < -0.4 is 5.43 Å². The van der Waals surface area contributed by atoms with Gasteiger partial charge < -0.3 is 4.74 Å². The lowest BCUT2D eigenvalue weighted by atomic mass is 10.0. The maximum Gasteiger partial charge on any atom is 0.165 e. The fraction of sp³-hybridized carbons (Fsp3) is 0.333. The molecule has 1 atom stereocenters. The lowest BCUT2D eigenvalue weighted by Gasteiger charge is -2.34. The van der Waals surface area contributed by atoms with Crippen molar-refractivity contribution in [2.75, 3.05) is 31.7 Å². The van der Waals surface area contributed by atoms with E-state index >= 15 is 0 Å². The minimum Gasteiger partial charge on any atom is -0.379 e. The Balaban J connectivity index is 1.84. The highest BCUT2D eigenvalue weighted by atomic mass is 35.5. The highest BCUT2D eigenvalue weighted by Crippen LogP contribution is 2.25. The van der Waals surface area contributed by atoms with E-state index < -0.39 is 0 Å². The molecular weight excluding hydrogens is 359 g/mol. The summed E-state index contributed by atoms with van der Waals surface area (Å²) in [5.74, 6) is 0.485. The molecule has 0 radical (unpaired) electrons. The molecular formula is C18H20Cl2N4O. The van der Waals surface area contributed by atoms with Crippen molar-refractivity contribution in [3.8, 4) is 0 Å². The minimum atomic E-state index is 0.0728. The summed E-state index contributed by atoms with van der Waals surface area (Å²) in [6.45, 7) is 5.20. The van der Waals surface area contributed by atoms with Crippen molar-refractivity contribution in [3.05, 3.63) is 58.2 Å². The molecule has 0 spiro atoms. The number of hydrazone groups is 1. The van der Waals surface area contributed by atoms with Gasteiger partial charge in [0.2, 0.25) is 0 Å². The Morgan fingerprint density at radius 3 is 2.64 bits per heavy atom. The fourth-order valence-corrected chi connectivity index (χ4v) is 3.31. The van der Waals surface area contributed by atoms with Crippen LogP contribution in [0.4, 0.5) is 5.82 Å². The maximum atomic E-state index is 6.15. The molecule has 0 amide bonds. The van der Waals surface area contributed by atoms with Crippen LogP contribution in [0.2, 0.25) is 10.0 Å². The number of aromatic nitrogens is 1. The molecule has 1 saturated heterocycles. The fourth-order valence-electron chi connectivity index (χ4n) is 2.89. The lowest BCUT2D eigenvalue weighted by molar-refractivity contribution is 0.0286. The van der Waals surface area contributed by atoms with Crippen LogP contribution in [0.3, 0.4) is 0 Å². The predicted octanol–water partition coefficient (Wildman–Crippen LogP) is 4.25. The van der Waals surface area contributed by atoms with Crippen LogP contribution in [-0.4, -0.2) is 41.9 Å². The smallest absolute Gasteiger partial charge is 0.165 e. The Bertz CT molecular complexity index is 733. The van der Waals surface area contributed by atoms with Crippen molar-refractivity contribution in [1.29, 1.82) is 0 Å². The Labute approximate surface area is 157 Å². The van der Waals surface area contributed by atoms with Crippen LogP contribution in [0.1, 0.15) is 18.5 Å². The third-order valence-corrected chi connectivity index (χ3v) is 4.56. The molecule has 1 N–H and O–H groups in total. The average molecular weight is 379 g/mol. The number of hydrogen-bond acceptors (Lipinski definition) is 5. The topological polar surface area (TPSA) is 49.8 Å². The molecule has 2 heterocycles. The van der Waals surface area contributed by atoms with Crippen LogP contribution >= 0.6 is 23.2 Å². The van der Waals surface area contributed by atoms with E-state index in [1.165, 1.54) is 11.8 Å². The highest BCUT2D eigenvalue weighted by molar-refractivity contribution is 6.35. The first kappa shape index (κ1) is 18.1. The van der Waals surface area contributed by atoms with Gasteiger partial charge in [-0.05, 0) is 18.6 Å². The van der Waals surface area contributed by atoms with Crippen molar-refractivity contribution >= 4 is 34.7 Å². The van der Waals surface area contributed by atoms with Gasteiger partial charge in [0.15, 0.2) is 5.82 Å². The third-order valence-electron chi connectivity index (χ3n) is 4.07. The summed E-state index contributed by atoms with van der Waals surface area (Å²) in [5, 5.41) is 5.46. The molecule has 0 saturated carbocycles. The van der Waals surface area contributed by atoms with Crippen LogP contribution in [-0.2, 0) is 4.74 Å². The van der Waals surface area contributed by atoms with Crippen molar-refractivity contribution in [2.45, 2.75) is 13.0 Å². The molecule has 3 rings (SSSR count). The zero-order valence-corrected chi connectivity index (χ0v) is 15.5. The number of pyridine rings is 1. The van der Waals surface area contributed by atoms with Gasteiger partial charge >= 0.3 is 0 Å². The maximum absolute atomic E-state index is 6.15. The predicted molar refractivity (Wildman–Crippen MR) is 103 cm³/mol. The molecule has 25 heavy (non-hydrogen) atoms. The quantitative estimate of drug-likeness (QED) is 0.623. The molecule has 2 aromatic rings. The number of rotatable bonds is 5. The van der Waals surface area contributed by atoms with E-state index in [1.807, 2.05) is 25.1 Å². The molecule has 5 nitrogen and oxygen atoms in total. The van der Waals surface area contributed by atoms with Gasteiger partial charge in [-0.3, -0.25) is 10.3 Å². The summed E-state index contributed by atoms with van der Waals surface area (Å²) in [7, 11) is 0. The lowest BCUT2D eigenvalue weighted by Crippen LogP contribution is -2.41. The SMILES string of the molecule is C/C(=N/Nc1ncc(Cl)cc1Cl)[C@H](c1ccccc1)N1CCOCC1.